The maximum atomic E-state index is 13.9. The Hall–Kier alpha value is -4.28. The Bertz CT molecular complexity index is 1770. The third-order valence-corrected chi connectivity index (χ3v) is 8.14. The van der Waals surface area contributed by atoms with Gasteiger partial charge in [0.2, 0.25) is 0 Å². The molecule has 0 radical (unpaired) electrons. The van der Waals surface area contributed by atoms with Crippen molar-refractivity contribution in [2.45, 2.75) is 11.8 Å². The summed E-state index contributed by atoms with van der Waals surface area (Å²) in [5.41, 5.74) is 1.26. The average Bonchev–Trinajstić information content (AvgIpc) is 3.33. The van der Waals surface area contributed by atoms with Crippen LogP contribution in [0.2, 0.25) is 0 Å². The van der Waals surface area contributed by atoms with Crippen LogP contribution in [0.3, 0.4) is 0 Å². The number of pyridine rings is 1. The van der Waals surface area contributed by atoms with Gasteiger partial charge >= 0.3 is 5.97 Å². The molecule has 39 heavy (non-hydrogen) atoms. The van der Waals surface area contributed by atoms with Crippen LogP contribution in [-0.2, 0) is 14.8 Å². The van der Waals surface area contributed by atoms with Crippen molar-refractivity contribution in [3.63, 3.8) is 0 Å². The second-order valence-electron chi connectivity index (χ2n) is 8.34. The summed E-state index contributed by atoms with van der Waals surface area (Å²) in [5, 5.41) is 0.309. The zero-order valence-electron chi connectivity index (χ0n) is 20.6. The summed E-state index contributed by atoms with van der Waals surface area (Å²) in [7, 11) is -4.38. The molecule has 0 aliphatic rings. The van der Waals surface area contributed by atoms with E-state index in [0.29, 0.717) is 21.0 Å². The van der Waals surface area contributed by atoms with Gasteiger partial charge < -0.3 is 9.15 Å². The predicted molar refractivity (Wildman–Crippen MR) is 150 cm³/mol. The molecular formula is C29H21BrN2O6S. The first-order valence-corrected chi connectivity index (χ1v) is 14.1. The van der Waals surface area contributed by atoms with E-state index in [9.17, 15) is 18.0 Å². The number of halogens is 1. The number of carbonyl (C=O) groups is 2. The van der Waals surface area contributed by atoms with Gasteiger partial charge in [-0.3, -0.25) is 9.78 Å². The normalized spacial score (nSPS) is 11.3. The van der Waals surface area contributed by atoms with Crippen LogP contribution in [0.1, 0.15) is 27.6 Å². The molecule has 10 heteroatoms. The predicted octanol–water partition coefficient (Wildman–Crippen LogP) is 6.47. The number of furan rings is 1. The highest BCUT2D eigenvalue weighted by molar-refractivity contribution is 9.10. The molecule has 8 nitrogen and oxygen atoms in total. The first-order chi connectivity index (χ1) is 18.8. The fraction of sp³-hybridized carbons (Fsp3) is 0.0690. The van der Waals surface area contributed by atoms with Crippen molar-refractivity contribution in [1.82, 2.24) is 4.98 Å². The Morgan fingerprint density at radius 2 is 1.64 bits per heavy atom. The third-order valence-electron chi connectivity index (χ3n) is 5.89. The van der Waals surface area contributed by atoms with Crippen LogP contribution in [0, 0.1) is 0 Å². The van der Waals surface area contributed by atoms with E-state index >= 15 is 0 Å². The van der Waals surface area contributed by atoms with Gasteiger partial charge in [-0.25, -0.2) is 13.2 Å². The molecule has 0 atom stereocenters. The van der Waals surface area contributed by atoms with Crippen molar-refractivity contribution < 1.29 is 27.2 Å². The topological polar surface area (TPSA) is 107 Å². The third kappa shape index (κ3) is 5.08. The highest BCUT2D eigenvalue weighted by atomic mass is 79.9. The molecule has 0 bridgehead atoms. The lowest BCUT2D eigenvalue weighted by atomic mass is 10.1. The minimum absolute atomic E-state index is 0.0261. The zero-order chi connectivity index (χ0) is 27.6. The monoisotopic (exact) mass is 604 g/mol. The van der Waals surface area contributed by atoms with Crippen LogP contribution in [-0.4, -0.2) is 31.9 Å². The number of anilines is 1. The number of benzene rings is 3. The van der Waals surface area contributed by atoms with E-state index in [0.717, 1.165) is 4.31 Å². The number of fused-ring (bicyclic) bond motifs is 1. The van der Waals surface area contributed by atoms with Crippen LogP contribution in [0.15, 0.2) is 111 Å². The molecule has 5 rings (SSSR count). The molecule has 1 amide bonds. The standard InChI is InChI=1S/C29H21BrN2O6S/c1-2-37-29(34)26-24-18-22(10-13-25(24)38-27(26)19-6-4-3-5-7-19)32(28(33)20-14-16-31-17-15-20)39(35,36)23-11-8-21(30)9-12-23/h3-18H,2H2,1H3. The molecule has 3 aromatic carbocycles. The summed E-state index contributed by atoms with van der Waals surface area (Å²) < 4.78 is 40.6. The smallest absolute Gasteiger partial charge is 0.342 e. The summed E-state index contributed by atoms with van der Waals surface area (Å²) in [6, 6.07) is 22.3. The highest BCUT2D eigenvalue weighted by Crippen LogP contribution is 2.37. The molecule has 0 saturated heterocycles. The maximum absolute atomic E-state index is 13.9. The van der Waals surface area contributed by atoms with E-state index in [1.807, 2.05) is 18.2 Å². The van der Waals surface area contributed by atoms with Crippen LogP contribution in [0.4, 0.5) is 5.69 Å². The van der Waals surface area contributed by atoms with E-state index in [-0.39, 0.29) is 34.1 Å². The summed E-state index contributed by atoms with van der Waals surface area (Å²) in [6.07, 6.45) is 2.81. The molecule has 0 fully saturated rings. The van der Waals surface area contributed by atoms with E-state index in [1.165, 1.54) is 54.9 Å². The molecule has 0 spiro atoms. The van der Waals surface area contributed by atoms with Gasteiger partial charge in [-0.2, -0.15) is 4.31 Å². The van der Waals surface area contributed by atoms with Gasteiger partial charge in [-0.05, 0) is 61.5 Å². The van der Waals surface area contributed by atoms with Gasteiger partial charge in [-0.1, -0.05) is 46.3 Å². The van der Waals surface area contributed by atoms with Crippen LogP contribution < -0.4 is 4.31 Å². The Morgan fingerprint density at radius 3 is 2.31 bits per heavy atom. The van der Waals surface area contributed by atoms with Crippen molar-refractivity contribution in [2.75, 3.05) is 10.9 Å². The van der Waals surface area contributed by atoms with Gasteiger partial charge in [-0.15, -0.1) is 0 Å². The fourth-order valence-corrected chi connectivity index (χ4v) is 5.77. The highest BCUT2D eigenvalue weighted by Gasteiger charge is 2.33. The molecule has 5 aromatic rings. The van der Waals surface area contributed by atoms with Crippen molar-refractivity contribution in [2.24, 2.45) is 0 Å². The Labute approximate surface area is 233 Å². The van der Waals surface area contributed by atoms with E-state index in [2.05, 4.69) is 20.9 Å². The number of esters is 1. The molecule has 0 unspecified atom stereocenters. The number of hydrogen-bond acceptors (Lipinski definition) is 7. The quantitative estimate of drug-likeness (QED) is 0.196. The average molecular weight is 605 g/mol. The molecular weight excluding hydrogens is 584 g/mol. The fourth-order valence-electron chi connectivity index (χ4n) is 4.10. The minimum Gasteiger partial charge on any atom is -0.462 e. The number of ether oxygens (including phenoxy) is 1. The summed E-state index contributed by atoms with van der Waals surface area (Å²) in [6.45, 7) is 1.82. The van der Waals surface area contributed by atoms with Crippen molar-refractivity contribution >= 4 is 54.5 Å². The van der Waals surface area contributed by atoms with E-state index in [4.69, 9.17) is 9.15 Å². The number of hydrogen-bond donors (Lipinski definition) is 0. The number of nitrogens with zero attached hydrogens (tertiary/aromatic N) is 2. The number of aromatic nitrogens is 1. The largest absolute Gasteiger partial charge is 0.462 e. The van der Waals surface area contributed by atoms with Gasteiger partial charge in [0, 0.05) is 33.4 Å². The van der Waals surface area contributed by atoms with Gasteiger partial charge in [0.25, 0.3) is 15.9 Å². The molecule has 2 aromatic heterocycles. The molecule has 0 saturated carbocycles. The summed E-state index contributed by atoms with van der Waals surface area (Å²) >= 11 is 3.31. The molecule has 2 heterocycles. The van der Waals surface area contributed by atoms with Crippen LogP contribution in [0.5, 0.6) is 0 Å². The second-order valence-corrected chi connectivity index (χ2v) is 11.0. The number of rotatable bonds is 7. The molecule has 196 valence electrons. The zero-order valence-corrected chi connectivity index (χ0v) is 23.0. The van der Waals surface area contributed by atoms with Gasteiger partial charge in [0.15, 0.2) is 0 Å². The Morgan fingerprint density at radius 1 is 0.949 bits per heavy atom. The second kappa shape index (κ2) is 10.8. The van der Waals surface area contributed by atoms with Crippen LogP contribution >= 0.6 is 15.9 Å². The van der Waals surface area contributed by atoms with Crippen molar-refractivity contribution in [1.29, 1.82) is 0 Å². The Balaban J connectivity index is 1.74. The molecule has 0 aliphatic heterocycles. The van der Waals surface area contributed by atoms with E-state index in [1.54, 1.807) is 31.2 Å². The van der Waals surface area contributed by atoms with Crippen molar-refractivity contribution in [3.05, 3.63) is 113 Å². The first kappa shape index (κ1) is 26.3. The first-order valence-electron chi connectivity index (χ1n) is 11.9. The lowest BCUT2D eigenvalue weighted by Gasteiger charge is -2.23. The minimum atomic E-state index is -4.38. The van der Waals surface area contributed by atoms with E-state index < -0.39 is 21.9 Å². The maximum Gasteiger partial charge on any atom is 0.342 e. The lowest BCUT2D eigenvalue weighted by molar-refractivity contribution is 0.0528. The SMILES string of the molecule is CCOC(=O)c1c(-c2ccccc2)oc2ccc(N(C(=O)c3ccncc3)S(=O)(=O)c3ccc(Br)cc3)cc12. The summed E-state index contributed by atoms with van der Waals surface area (Å²) in [5.74, 6) is -1.14. The molecule has 0 N–H and O–H groups in total. The number of sulfonamides is 1. The lowest BCUT2D eigenvalue weighted by Crippen LogP contribution is -2.37. The van der Waals surface area contributed by atoms with Crippen molar-refractivity contribution in [3.8, 4) is 11.3 Å². The Kier molecular flexibility index (Phi) is 7.32. The molecule has 0 aliphatic carbocycles. The van der Waals surface area contributed by atoms with Gasteiger partial charge in [0.05, 0.1) is 17.2 Å². The summed E-state index contributed by atoms with van der Waals surface area (Å²) in [4.78, 5) is 30.7. The number of amides is 1. The number of carbonyl (C=O) groups excluding carboxylic acids is 2. The van der Waals surface area contributed by atoms with Crippen LogP contribution in [0.25, 0.3) is 22.3 Å². The van der Waals surface area contributed by atoms with Gasteiger partial charge in [0.1, 0.15) is 16.9 Å².